The third-order valence-corrected chi connectivity index (χ3v) is 2.47. The van der Waals surface area contributed by atoms with Gasteiger partial charge in [-0.3, -0.25) is 0 Å². The van der Waals surface area contributed by atoms with Crippen LogP contribution in [0.15, 0.2) is 23.8 Å². The third-order valence-electron chi connectivity index (χ3n) is 2.47. The number of hydrogen-bond donors (Lipinski definition) is 1. The van der Waals surface area contributed by atoms with Gasteiger partial charge in [0.05, 0.1) is 19.8 Å². The first-order valence-corrected chi connectivity index (χ1v) is 5.26. The Morgan fingerprint density at radius 3 is 2.59 bits per heavy atom. The second-order valence-corrected chi connectivity index (χ2v) is 3.59. The Kier molecular flexibility index (Phi) is 4.72. The highest BCUT2D eigenvalue weighted by atomic mass is 16.5. The molecule has 2 N–H and O–H groups in total. The molecule has 0 bridgehead atoms. The summed E-state index contributed by atoms with van der Waals surface area (Å²) in [7, 11) is 2.96. The Hall–Kier alpha value is -1.81. The number of rotatable bonds is 4. The van der Waals surface area contributed by atoms with Gasteiger partial charge in [0, 0.05) is 6.54 Å². The highest BCUT2D eigenvalue weighted by Gasteiger charge is 2.08. The molecule has 0 unspecified atom stereocenters. The lowest BCUT2D eigenvalue weighted by Gasteiger charge is -2.06. The first-order valence-electron chi connectivity index (χ1n) is 5.26. The van der Waals surface area contributed by atoms with Crippen LogP contribution in [-0.2, 0) is 9.53 Å². The molecule has 0 saturated carbocycles. The molecule has 1 aromatic rings. The number of esters is 1. The monoisotopic (exact) mass is 235 g/mol. The highest BCUT2D eigenvalue weighted by molar-refractivity contribution is 5.94. The van der Waals surface area contributed by atoms with Crippen LogP contribution >= 0.6 is 0 Å². The van der Waals surface area contributed by atoms with Gasteiger partial charge in [-0.25, -0.2) is 4.79 Å². The average Bonchev–Trinajstić information content (AvgIpc) is 2.36. The smallest absolute Gasteiger partial charge is 0.335 e. The van der Waals surface area contributed by atoms with Crippen LogP contribution in [0.3, 0.4) is 0 Å². The minimum atomic E-state index is -0.400. The van der Waals surface area contributed by atoms with Crippen LogP contribution in [0, 0.1) is 6.92 Å². The number of methoxy groups -OCH3 is 2. The van der Waals surface area contributed by atoms with Crippen LogP contribution in [0.2, 0.25) is 0 Å². The van der Waals surface area contributed by atoms with Gasteiger partial charge in [-0.15, -0.1) is 0 Å². The van der Waals surface area contributed by atoms with Gasteiger partial charge in [0.15, 0.2) is 0 Å². The highest BCUT2D eigenvalue weighted by Crippen LogP contribution is 2.19. The fraction of sp³-hybridized carbons (Fsp3) is 0.308. The second kappa shape index (κ2) is 6.06. The minimum absolute atomic E-state index is 0.151. The summed E-state index contributed by atoms with van der Waals surface area (Å²) in [6.45, 7) is 2.10. The fourth-order valence-corrected chi connectivity index (χ4v) is 1.46. The molecule has 4 heteroatoms. The first kappa shape index (κ1) is 13.3. The van der Waals surface area contributed by atoms with E-state index in [-0.39, 0.29) is 6.54 Å². The molecule has 0 aliphatic rings. The summed E-state index contributed by atoms with van der Waals surface area (Å²) >= 11 is 0. The topological polar surface area (TPSA) is 61.5 Å². The van der Waals surface area contributed by atoms with E-state index < -0.39 is 5.97 Å². The lowest BCUT2D eigenvalue weighted by molar-refractivity contribution is -0.136. The minimum Gasteiger partial charge on any atom is -0.497 e. The normalized spacial score (nSPS) is 11.2. The Morgan fingerprint density at radius 2 is 2.12 bits per heavy atom. The number of aryl methyl sites for hydroxylation is 1. The molecule has 1 aromatic carbocycles. The second-order valence-electron chi connectivity index (χ2n) is 3.59. The molecule has 0 aliphatic heterocycles. The van der Waals surface area contributed by atoms with Gasteiger partial charge >= 0.3 is 5.97 Å². The Bertz CT molecular complexity index is 438. The maximum atomic E-state index is 11.4. The number of hydrogen-bond acceptors (Lipinski definition) is 4. The maximum absolute atomic E-state index is 11.4. The average molecular weight is 235 g/mol. The molecular weight excluding hydrogens is 218 g/mol. The van der Waals surface area contributed by atoms with E-state index in [1.165, 1.54) is 7.11 Å². The Balaban J connectivity index is 3.08. The SMILES string of the molecule is COC(=O)/C(=C/c1ccc(OC)cc1C)CN. The lowest BCUT2D eigenvalue weighted by atomic mass is 10.1. The van der Waals surface area contributed by atoms with Crippen molar-refractivity contribution in [3.05, 3.63) is 34.9 Å². The largest absolute Gasteiger partial charge is 0.497 e. The first-order chi connectivity index (χ1) is 8.12. The van der Waals surface area contributed by atoms with Crippen molar-refractivity contribution in [3.8, 4) is 5.75 Å². The molecule has 1 rings (SSSR count). The Labute approximate surface area is 101 Å². The van der Waals surface area contributed by atoms with Crippen molar-refractivity contribution in [2.24, 2.45) is 5.73 Å². The molecule has 0 aromatic heterocycles. The number of ether oxygens (including phenoxy) is 2. The van der Waals surface area contributed by atoms with E-state index in [4.69, 9.17) is 10.5 Å². The molecule has 0 heterocycles. The van der Waals surface area contributed by atoms with E-state index >= 15 is 0 Å². The van der Waals surface area contributed by atoms with Crippen LogP contribution in [0.1, 0.15) is 11.1 Å². The third kappa shape index (κ3) is 3.32. The van der Waals surface area contributed by atoms with Crippen LogP contribution in [0.25, 0.3) is 6.08 Å². The van der Waals surface area contributed by atoms with Crippen LogP contribution in [0.4, 0.5) is 0 Å². The predicted octanol–water partition coefficient (Wildman–Crippen LogP) is 1.52. The van der Waals surface area contributed by atoms with Gasteiger partial charge in [-0.1, -0.05) is 6.07 Å². The summed E-state index contributed by atoms with van der Waals surface area (Å²) in [5, 5.41) is 0. The zero-order valence-electron chi connectivity index (χ0n) is 10.3. The lowest BCUT2D eigenvalue weighted by Crippen LogP contribution is -2.14. The maximum Gasteiger partial charge on any atom is 0.335 e. The van der Waals surface area contributed by atoms with E-state index in [0.717, 1.165) is 16.9 Å². The number of benzene rings is 1. The van der Waals surface area contributed by atoms with Crippen molar-refractivity contribution >= 4 is 12.0 Å². The summed E-state index contributed by atoms with van der Waals surface area (Å²) in [5.41, 5.74) is 7.90. The summed E-state index contributed by atoms with van der Waals surface area (Å²) in [4.78, 5) is 11.4. The van der Waals surface area contributed by atoms with Crippen LogP contribution in [0.5, 0.6) is 5.75 Å². The standard InChI is InChI=1S/C13H17NO3/c1-9-6-12(16-2)5-4-10(9)7-11(8-14)13(15)17-3/h4-7H,8,14H2,1-3H3/b11-7+. The van der Waals surface area contributed by atoms with Gasteiger partial charge in [-0.2, -0.15) is 0 Å². The molecule has 0 amide bonds. The molecular formula is C13H17NO3. The Morgan fingerprint density at radius 1 is 1.41 bits per heavy atom. The zero-order valence-corrected chi connectivity index (χ0v) is 10.3. The molecule has 0 spiro atoms. The number of carbonyl (C=O) groups excluding carboxylic acids is 1. The molecule has 92 valence electrons. The van der Waals surface area contributed by atoms with Crippen molar-refractivity contribution in [1.82, 2.24) is 0 Å². The van der Waals surface area contributed by atoms with Crippen molar-refractivity contribution < 1.29 is 14.3 Å². The summed E-state index contributed by atoms with van der Waals surface area (Å²) < 4.78 is 9.76. The van der Waals surface area contributed by atoms with Crippen LogP contribution in [-0.4, -0.2) is 26.7 Å². The summed E-state index contributed by atoms with van der Waals surface area (Å²) in [5.74, 6) is 0.384. The molecule has 0 saturated heterocycles. The summed E-state index contributed by atoms with van der Waals surface area (Å²) in [6.07, 6.45) is 1.74. The van der Waals surface area contributed by atoms with E-state index in [9.17, 15) is 4.79 Å². The van der Waals surface area contributed by atoms with Crippen molar-refractivity contribution in [1.29, 1.82) is 0 Å². The molecule has 0 radical (unpaired) electrons. The molecule has 0 aliphatic carbocycles. The van der Waals surface area contributed by atoms with Crippen molar-refractivity contribution in [2.45, 2.75) is 6.92 Å². The zero-order chi connectivity index (χ0) is 12.8. The molecule has 17 heavy (non-hydrogen) atoms. The van der Waals surface area contributed by atoms with Gasteiger partial charge in [0.25, 0.3) is 0 Å². The number of carbonyl (C=O) groups is 1. The fourth-order valence-electron chi connectivity index (χ4n) is 1.46. The van der Waals surface area contributed by atoms with E-state index in [0.29, 0.717) is 5.57 Å². The van der Waals surface area contributed by atoms with Gasteiger partial charge in [0.2, 0.25) is 0 Å². The summed E-state index contributed by atoms with van der Waals surface area (Å²) in [6, 6.07) is 5.62. The molecule has 0 fully saturated rings. The van der Waals surface area contributed by atoms with Crippen molar-refractivity contribution in [3.63, 3.8) is 0 Å². The molecule has 0 atom stereocenters. The van der Waals surface area contributed by atoms with E-state index in [2.05, 4.69) is 4.74 Å². The van der Waals surface area contributed by atoms with Gasteiger partial charge in [-0.05, 0) is 36.3 Å². The van der Waals surface area contributed by atoms with Gasteiger partial charge < -0.3 is 15.2 Å². The van der Waals surface area contributed by atoms with Crippen LogP contribution < -0.4 is 10.5 Å². The number of nitrogens with two attached hydrogens (primary N) is 1. The van der Waals surface area contributed by atoms with E-state index in [1.807, 2.05) is 25.1 Å². The van der Waals surface area contributed by atoms with Crippen molar-refractivity contribution in [2.75, 3.05) is 20.8 Å². The predicted molar refractivity (Wildman–Crippen MR) is 66.8 cm³/mol. The quantitative estimate of drug-likeness (QED) is 0.635. The van der Waals surface area contributed by atoms with Gasteiger partial charge in [0.1, 0.15) is 5.75 Å². The van der Waals surface area contributed by atoms with E-state index in [1.54, 1.807) is 13.2 Å². The molecule has 4 nitrogen and oxygen atoms in total.